The van der Waals surface area contributed by atoms with E-state index in [-0.39, 0.29) is 18.7 Å². The van der Waals surface area contributed by atoms with Crippen LogP contribution in [0.3, 0.4) is 0 Å². The van der Waals surface area contributed by atoms with Crippen LogP contribution in [0.1, 0.15) is 29.3 Å². The molecule has 0 heterocycles. The Labute approximate surface area is 113 Å². The number of carbonyl (C=O) groups excluding carboxylic acids is 1. The van der Waals surface area contributed by atoms with Crippen molar-refractivity contribution in [3.05, 3.63) is 35.1 Å². The Morgan fingerprint density at radius 2 is 2.05 bits per heavy atom. The molecule has 0 N–H and O–H groups in total. The lowest BCUT2D eigenvalue weighted by Gasteiger charge is -2.19. The number of hydrogen-bond acceptors (Lipinski definition) is 2. The van der Waals surface area contributed by atoms with E-state index in [1.54, 1.807) is 13.0 Å². The molecule has 0 saturated carbocycles. The van der Waals surface area contributed by atoms with Crippen LogP contribution in [-0.2, 0) is 6.18 Å². The number of rotatable bonds is 4. The molecule has 0 aliphatic carbocycles. The summed E-state index contributed by atoms with van der Waals surface area (Å²) in [7, 11) is 0. The van der Waals surface area contributed by atoms with Crippen molar-refractivity contribution in [2.24, 2.45) is 0 Å². The second-order valence-electron chi connectivity index (χ2n) is 4.08. The van der Waals surface area contributed by atoms with Crippen molar-refractivity contribution in [3.63, 3.8) is 0 Å². The standard InChI is InChI=1S/C13H12F4N2O/c1-2-6-19(7-5-18)12(20)9-3-4-11(14)10(8-9)13(15,16)17/h3-4,8H,2,6-7H2,1H3. The molecule has 0 bridgehead atoms. The summed E-state index contributed by atoms with van der Waals surface area (Å²) in [4.78, 5) is 13.1. The predicted octanol–water partition coefficient (Wildman–Crippen LogP) is 3.22. The highest BCUT2D eigenvalue weighted by atomic mass is 19.4. The van der Waals surface area contributed by atoms with Crippen LogP contribution in [0.25, 0.3) is 0 Å². The molecule has 0 aliphatic rings. The molecule has 0 unspecified atom stereocenters. The third kappa shape index (κ3) is 3.70. The Kier molecular flexibility index (Phi) is 5.08. The molecule has 0 radical (unpaired) electrons. The zero-order valence-corrected chi connectivity index (χ0v) is 10.7. The molecule has 3 nitrogen and oxygen atoms in total. The number of amides is 1. The molecule has 0 fully saturated rings. The molecule has 0 spiro atoms. The van der Waals surface area contributed by atoms with Crippen LogP contribution in [0.5, 0.6) is 0 Å². The summed E-state index contributed by atoms with van der Waals surface area (Å²) in [5.41, 5.74) is -1.78. The molecule has 1 aromatic rings. The SMILES string of the molecule is CCCN(CC#N)C(=O)c1ccc(F)c(C(F)(F)F)c1. The fourth-order valence-electron chi connectivity index (χ4n) is 1.67. The molecular weight excluding hydrogens is 276 g/mol. The minimum absolute atomic E-state index is 0.231. The Hall–Kier alpha value is -2.10. The summed E-state index contributed by atoms with van der Waals surface area (Å²) >= 11 is 0. The van der Waals surface area contributed by atoms with Gasteiger partial charge in [-0.05, 0) is 24.6 Å². The quantitative estimate of drug-likeness (QED) is 0.630. The molecule has 0 saturated heterocycles. The monoisotopic (exact) mass is 288 g/mol. The van der Waals surface area contributed by atoms with Crippen molar-refractivity contribution >= 4 is 5.91 Å². The number of alkyl halides is 3. The number of nitrogens with zero attached hydrogens (tertiary/aromatic N) is 2. The third-order valence-corrected chi connectivity index (χ3v) is 2.56. The van der Waals surface area contributed by atoms with Gasteiger partial charge in [-0.1, -0.05) is 6.92 Å². The van der Waals surface area contributed by atoms with Gasteiger partial charge in [0.1, 0.15) is 12.4 Å². The minimum Gasteiger partial charge on any atom is -0.325 e. The van der Waals surface area contributed by atoms with E-state index in [4.69, 9.17) is 5.26 Å². The summed E-state index contributed by atoms with van der Waals surface area (Å²) < 4.78 is 50.8. The summed E-state index contributed by atoms with van der Waals surface area (Å²) in [6.45, 7) is 1.78. The first-order chi connectivity index (χ1) is 9.31. The average Bonchev–Trinajstić information content (AvgIpc) is 2.37. The van der Waals surface area contributed by atoms with E-state index >= 15 is 0 Å². The first-order valence-electron chi connectivity index (χ1n) is 5.84. The topological polar surface area (TPSA) is 44.1 Å². The van der Waals surface area contributed by atoms with E-state index < -0.39 is 23.5 Å². The lowest BCUT2D eigenvalue weighted by Crippen LogP contribution is -2.32. The number of nitriles is 1. The van der Waals surface area contributed by atoms with Crippen molar-refractivity contribution < 1.29 is 22.4 Å². The molecule has 0 atom stereocenters. The van der Waals surface area contributed by atoms with Crippen molar-refractivity contribution in [1.82, 2.24) is 4.90 Å². The van der Waals surface area contributed by atoms with E-state index in [1.165, 1.54) is 0 Å². The molecule has 0 aliphatic heterocycles. The van der Waals surface area contributed by atoms with E-state index in [1.807, 2.05) is 0 Å². The van der Waals surface area contributed by atoms with Gasteiger partial charge in [0.25, 0.3) is 5.91 Å². The van der Waals surface area contributed by atoms with Crippen LogP contribution in [0, 0.1) is 17.1 Å². The predicted molar refractivity (Wildman–Crippen MR) is 63.2 cm³/mol. The second kappa shape index (κ2) is 6.37. The van der Waals surface area contributed by atoms with E-state index in [2.05, 4.69) is 0 Å². The highest BCUT2D eigenvalue weighted by molar-refractivity contribution is 5.94. The van der Waals surface area contributed by atoms with E-state index in [0.29, 0.717) is 18.6 Å². The van der Waals surface area contributed by atoms with Gasteiger partial charge in [0, 0.05) is 12.1 Å². The van der Waals surface area contributed by atoms with Crippen molar-refractivity contribution in [1.29, 1.82) is 5.26 Å². The summed E-state index contributed by atoms with van der Waals surface area (Å²) in [5, 5.41) is 8.60. The maximum Gasteiger partial charge on any atom is 0.419 e. The zero-order chi connectivity index (χ0) is 15.3. The molecule has 1 amide bonds. The first-order valence-corrected chi connectivity index (χ1v) is 5.84. The van der Waals surface area contributed by atoms with Gasteiger partial charge < -0.3 is 4.90 Å². The van der Waals surface area contributed by atoms with E-state index in [0.717, 1.165) is 11.0 Å². The lowest BCUT2D eigenvalue weighted by atomic mass is 10.1. The molecule has 1 aromatic carbocycles. The van der Waals surface area contributed by atoms with Crippen LogP contribution in [0.2, 0.25) is 0 Å². The highest BCUT2D eigenvalue weighted by Crippen LogP contribution is 2.32. The van der Waals surface area contributed by atoms with Gasteiger partial charge in [-0.2, -0.15) is 18.4 Å². The Morgan fingerprint density at radius 3 is 2.55 bits per heavy atom. The molecular formula is C13H12F4N2O. The van der Waals surface area contributed by atoms with Crippen LogP contribution >= 0.6 is 0 Å². The Bertz CT molecular complexity index is 534. The summed E-state index contributed by atoms with van der Waals surface area (Å²) in [5.74, 6) is -2.16. The Balaban J connectivity index is 3.14. The largest absolute Gasteiger partial charge is 0.419 e. The van der Waals surface area contributed by atoms with Crippen LogP contribution in [-0.4, -0.2) is 23.9 Å². The van der Waals surface area contributed by atoms with Crippen LogP contribution in [0.4, 0.5) is 17.6 Å². The molecule has 20 heavy (non-hydrogen) atoms. The van der Waals surface area contributed by atoms with Gasteiger partial charge in [0.15, 0.2) is 0 Å². The first kappa shape index (κ1) is 16.0. The molecule has 0 aromatic heterocycles. The highest BCUT2D eigenvalue weighted by Gasteiger charge is 2.35. The lowest BCUT2D eigenvalue weighted by molar-refractivity contribution is -0.140. The normalized spacial score (nSPS) is 11.0. The Morgan fingerprint density at radius 1 is 1.40 bits per heavy atom. The number of hydrogen-bond donors (Lipinski definition) is 0. The summed E-state index contributed by atoms with van der Waals surface area (Å²) in [6.07, 6.45) is -4.31. The van der Waals surface area contributed by atoms with Gasteiger partial charge in [-0.15, -0.1) is 0 Å². The maximum absolute atomic E-state index is 13.1. The smallest absolute Gasteiger partial charge is 0.325 e. The van der Waals surface area contributed by atoms with Gasteiger partial charge in [0.05, 0.1) is 11.6 Å². The second-order valence-corrected chi connectivity index (χ2v) is 4.08. The van der Waals surface area contributed by atoms with Crippen LogP contribution in [0.15, 0.2) is 18.2 Å². The molecule has 108 valence electrons. The van der Waals surface area contributed by atoms with Crippen molar-refractivity contribution in [2.75, 3.05) is 13.1 Å². The minimum atomic E-state index is -4.87. The number of benzene rings is 1. The fraction of sp³-hybridized carbons (Fsp3) is 0.385. The average molecular weight is 288 g/mol. The van der Waals surface area contributed by atoms with E-state index in [9.17, 15) is 22.4 Å². The van der Waals surface area contributed by atoms with Crippen molar-refractivity contribution in [2.45, 2.75) is 19.5 Å². The van der Waals surface area contributed by atoms with Gasteiger partial charge >= 0.3 is 6.18 Å². The van der Waals surface area contributed by atoms with Gasteiger partial charge in [-0.25, -0.2) is 4.39 Å². The fourth-order valence-corrected chi connectivity index (χ4v) is 1.67. The zero-order valence-electron chi connectivity index (χ0n) is 10.7. The molecule has 1 rings (SSSR count). The van der Waals surface area contributed by atoms with Gasteiger partial charge in [-0.3, -0.25) is 4.79 Å². The van der Waals surface area contributed by atoms with Gasteiger partial charge in [0.2, 0.25) is 0 Å². The number of halogens is 4. The van der Waals surface area contributed by atoms with Crippen molar-refractivity contribution in [3.8, 4) is 6.07 Å². The maximum atomic E-state index is 13.1. The summed E-state index contributed by atoms with van der Waals surface area (Å²) in [6, 6.07) is 3.82. The van der Waals surface area contributed by atoms with Crippen LogP contribution < -0.4 is 0 Å². The third-order valence-electron chi connectivity index (χ3n) is 2.56. The number of carbonyl (C=O) groups is 1. The molecule has 7 heteroatoms.